The highest BCUT2D eigenvalue weighted by atomic mass is 32.1. The molecule has 112 valence electrons. The van der Waals surface area contributed by atoms with Crippen LogP contribution in [0.25, 0.3) is 11.3 Å². The molecule has 1 N–H and O–H groups in total. The van der Waals surface area contributed by atoms with Gasteiger partial charge >= 0.3 is 0 Å². The molecular formula is C16H20N2O2S. The van der Waals surface area contributed by atoms with Gasteiger partial charge in [-0.25, -0.2) is 4.98 Å². The zero-order chi connectivity index (χ0) is 15.1. The van der Waals surface area contributed by atoms with E-state index in [1.165, 1.54) is 0 Å². The van der Waals surface area contributed by atoms with Gasteiger partial charge in [0, 0.05) is 12.3 Å². The molecule has 0 amide bonds. The Morgan fingerprint density at radius 3 is 2.62 bits per heavy atom. The summed E-state index contributed by atoms with van der Waals surface area (Å²) < 4.78 is 11.5. The van der Waals surface area contributed by atoms with E-state index in [0.29, 0.717) is 17.9 Å². The van der Waals surface area contributed by atoms with Crippen molar-refractivity contribution in [3.8, 4) is 17.0 Å². The molecular weight excluding hydrogens is 284 g/mol. The fourth-order valence-electron chi connectivity index (χ4n) is 1.88. The Morgan fingerprint density at radius 1 is 1.19 bits per heavy atom. The zero-order valence-corrected chi connectivity index (χ0v) is 13.2. The summed E-state index contributed by atoms with van der Waals surface area (Å²) in [6.07, 6.45) is 1.000. The van der Waals surface area contributed by atoms with E-state index in [-0.39, 0.29) is 0 Å². The number of H-pyrrole nitrogens is 1. The first-order chi connectivity index (χ1) is 10.2. The third-order valence-corrected chi connectivity index (χ3v) is 3.08. The fourth-order valence-corrected chi connectivity index (χ4v) is 2.11. The van der Waals surface area contributed by atoms with Gasteiger partial charge in [0.1, 0.15) is 22.8 Å². The van der Waals surface area contributed by atoms with Crippen LogP contribution in [0.5, 0.6) is 5.75 Å². The second kappa shape index (κ2) is 7.90. The predicted octanol–water partition coefficient (Wildman–Crippen LogP) is 4.13. The van der Waals surface area contributed by atoms with Gasteiger partial charge in [-0.1, -0.05) is 19.1 Å². The highest BCUT2D eigenvalue weighted by Gasteiger charge is 2.03. The molecule has 0 fully saturated rings. The Kier molecular flexibility index (Phi) is 5.90. The lowest BCUT2D eigenvalue weighted by Gasteiger charge is -2.08. The topological polar surface area (TPSA) is 47.1 Å². The maximum Gasteiger partial charge on any atom is 0.134 e. The maximum atomic E-state index is 5.58. The minimum atomic E-state index is 0.436. The van der Waals surface area contributed by atoms with Crippen LogP contribution in [-0.4, -0.2) is 23.2 Å². The normalized spacial score (nSPS) is 10.6. The Hall–Kier alpha value is -1.72. The molecule has 0 aliphatic rings. The lowest BCUT2D eigenvalue weighted by atomic mass is 10.1. The summed E-state index contributed by atoms with van der Waals surface area (Å²) in [7, 11) is 0. The number of nitrogens with zero attached hydrogens (tertiary/aromatic N) is 1. The molecule has 2 rings (SSSR count). The Balaban J connectivity index is 2.20. The molecule has 21 heavy (non-hydrogen) atoms. The molecule has 1 aromatic heterocycles. The third-order valence-electron chi connectivity index (χ3n) is 2.87. The van der Waals surface area contributed by atoms with E-state index in [1.807, 2.05) is 37.3 Å². The van der Waals surface area contributed by atoms with Gasteiger partial charge in [0.2, 0.25) is 0 Å². The number of aromatic amines is 1. The summed E-state index contributed by atoms with van der Waals surface area (Å²) in [6.45, 7) is 5.86. The average Bonchev–Trinajstić information content (AvgIpc) is 2.51. The van der Waals surface area contributed by atoms with Crippen molar-refractivity contribution in [1.29, 1.82) is 0 Å². The third kappa shape index (κ3) is 4.65. The second-order valence-corrected chi connectivity index (χ2v) is 5.01. The smallest absolute Gasteiger partial charge is 0.134 e. The van der Waals surface area contributed by atoms with Crippen molar-refractivity contribution in [2.24, 2.45) is 0 Å². The summed E-state index contributed by atoms with van der Waals surface area (Å²) in [6, 6.07) is 9.80. The summed E-state index contributed by atoms with van der Waals surface area (Å²) >= 11 is 5.21. The highest BCUT2D eigenvalue weighted by Crippen LogP contribution is 2.21. The van der Waals surface area contributed by atoms with E-state index in [1.54, 1.807) is 0 Å². The fraction of sp³-hybridized carbons (Fsp3) is 0.375. The molecule has 0 unspecified atom stereocenters. The molecule has 5 heteroatoms. The van der Waals surface area contributed by atoms with Crippen LogP contribution < -0.4 is 4.74 Å². The summed E-state index contributed by atoms with van der Waals surface area (Å²) in [5.41, 5.74) is 1.98. The van der Waals surface area contributed by atoms with Gasteiger partial charge < -0.3 is 14.5 Å². The molecule has 0 saturated carbocycles. The minimum Gasteiger partial charge on any atom is -0.494 e. The van der Waals surface area contributed by atoms with Gasteiger partial charge in [-0.15, -0.1) is 0 Å². The first-order valence-corrected chi connectivity index (χ1v) is 7.55. The van der Waals surface area contributed by atoms with Crippen molar-refractivity contribution in [3.63, 3.8) is 0 Å². The molecule has 0 aliphatic carbocycles. The van der Waals surface area contributed by atoms with Gasteiger partial charge in [-0.3, -0.25) is 0 Å². The molecule has 0 atom stereocenters. The van der Waals surface area contributed by atoms with Crippen LogP contribution in [-0.2, 0) is 11.3 Å². The van der Waals surface area contributed by atoms with E-state index < -0.39 is 0 Å². The SMILES string of the molecule is CCCOc1ccc(-c2cc(=S)nc(COCC)[nH]2)cc1. The van der Waals surface area contributed by atoms with E-state index >= 15 is 0 Å². The summed E-state index contributed by atoms with van der Waals surface area (Å²) in [5, 5.41) is 0. The van der Waals surface area contributed by atoms with E-state index in [4.69, 9.17) is 21.7 Å². The molecule has 0 bridgehead atoms. The number of hydrogen-bond acceptors (Lipinski definition) is 4. The van der Waals surface area contributed by atoms with Crippen molar-refractivity contribution in [2.45, 2.75) is 26.9 Å². The van der Waals surface area contributed by atoms with Gasteiger partial charge in [0.15, 0.2) is 0 Å². The standard InChI is InChI=1S/C16H20N2O2S/c1-3-9-20-13-7-5-12(6-8-13)14-10-16(21)18-15(17-14)11-19-4-2/h5-8,10H,3-4,9,11H2,1-2H3,(H,17,18,21). The van der Waals surface area contributed by atoms with Crippen LogP contribution in [0, 0.1) is 4.64 Å². The largest absolute Gasteiger partial charge is 0.494 e. The van der Waals surface area contributed by atoms with Crippen LogP contribution in [0.4, 0.5) is 0 Å². The molecule has 2 aromatic rings. The quantitative estimate of drug-likeness (QED) is 0.781. The molecule has 1 heterocycles. The van der Waals surface area contributed by atoms with E-state index in [0.717, 1.165) is 35.9 Å². The van der Waals surface area contributed by atoms with Crippen LogP contribution >= 0.6 is 12.2 Å². The van der Waals surface area contributed by atoms with Gasteiger partial charge in [0.05, 0.1) is 6.61 Å². The Morgan fingerprint density at radius 2 is 1.95 bits per heavy atom. The molecule has 0 saturated heterocycles. The molecule has 1 aromatic carbocycles. The van der Waals surface area contributed by atoms with Crippen molar-refractivity contribution >= 4 is 12.2 Å². The summed E-state index contributed by atoms with van der Waals surface area (Å²) in [4.78, 5) is 7.52. The van der Waals surface area contributed by atoms with Crippen LogP contribution in [0.15, 0.2) is 30.3 Å². The monoisotopic (exact) mass is 304 g/mol. The Bertz CT molecular complexity index is 623. The minimum absolute atomic E-state index is 0.436. The first kappa shape index (κ1) is 15.7. The molecule has 4 nitrogen and oxygen atoms in total. The maximum absolute atomic E-state index is 5.58. The Labute approximate surface area is 130 Å². The number of ether oxygens (including phenoxy) is 2. The molecule has 0 spiro atoms. The number of benzene rings is 1. The van der Waals surface area contributed by atoms with Crippen molar-refractivity contribution in [1.82, 2.24) is 9.97 Å². The second-order valence-electron chi connectivity index (χ2n) is 4.59. The lowest BCUT2D eigenvalue weighted by molar-refractivity contribution is 0.128. The average molecular weight is 304 g/mol. The van der Waals surface area contributed by atoms with Crippen LogP contribution in [0.3, 0.4) is 0 Å². The van der Waals surface area contributed by atoms with Gasteiger partial charge in [-0.2, -0.15) is 0 Å². The van der Waals surface area contributed by atoms with E-state index in [2.05, 4.69) is 16.9 Å². The first-order valence-electron chi connectivity index (χ1n) is 7.14. The van der Waals surface area contributed by atoms with Gasteiger partial charge in [-0.05, 0) is 49.2 Å². The molecule has 0 radical (unpaired) electrons. The number of hydrogen-bond donors (Lipinski definition) is 1. The lowest BCUT2D eigenvalue weighted by Crippen LogP contribution is -2.00. The van der Waals surface area contributed by atoms with E-state index in [9.17, 15) is 0 Å². The summed E-state index contributed by atoms with van der Waals surface area (Å²) in [5.74, 6) is 1.62. The number of rotatable bonds is 7. The van der Waals surface area contributed by atoms with Crippen LogP contribution in [0.1, 0.15) is 26.1 Å². The number of aromatic nitrogens is 2. The zero-order valence-electron chi connectivity index (χ0n) is 12.4. The highest BCUT2D eigenvalue weighted by molar-refractivity contribution is 7.71. The number of nitrogens with one attached hydrogen (secondary N) is 1. The predicted molar refractivity (Wildman–Crippen MR) is 86.0 cm³/mol. The molecule has 0 aliphatic heterocycles. The van der Waals surface area contributed by atoms with Gasteiger partial charge in [0.25, 0.3) is 0 Å². The van der Waals surface area contributed by atoms with Crippen molar-refractivity contribution in [2.75, 3.05) is 13.2 Å². The van der Waals surface area contributed by atoms with Crippen molar-refractivity contribution < 1.29 is 9.47 Å². The van der Waals surface area contributed by atoms with Crippen LogP contribution in [0.2, 0.25) is 0 Å². The van der Waals surface area contributed by atoms with Crippen molar-refractivity contribution in [3.05, 3.63) is 40.8 Å².